The van der Waals surface area contributed by atoms with E-state index < -0.39 is 65.5 Å². The fourth-order valence-electron chi connectivity index (χ4n) is 1.85. The van der Waals surface area contributed by atoms with Crippen LogP contribution in [-0.2, 0) is 16.5 Å². The molecular formula is C14H6N4NiO12. The van der Waals surface area contributed by atoms with E-state index in [4.69, 9.17) is 0 Å². The molecule has 0 spiro atoms. The molecule has 0 aliphatic heterocycles. The number of carbonyl (C=O) groups is 2. The molecule has 0 aliphatic rings. The Hall–Kier alpha value is -4.53. The number of non-ortho nitro benzene ring substituents is 4. The van der Waals surface area contributed by atoms with Gasteiger partial charge in [0, 0.05) is 35.4 Å². The Kier molecular flexibility index (Phi) is 9.28. The van der Waals surface area contributed by atoms with E-state index in [0.29, 0.717) is 36.4 Å². The Labute approximate surface area is 179 Å². The SMILES string of the molecule is O=C([O-])c1cc([N+](=O)[O-])cc([N+](=O)[O-])c1.O=C([O-])c1cc([N+](=O)[O-])cc([N+](=O)[O-])c1.[Ni+2]. The number of carboxylic acid groups (broad SMARTS) is 2. The molecule has 0 saturated carbocycles. The zero-order valence-corrected chi connectivity index (χ0v) is 15.5. The Morgan fingerprint density at radius 1 is 0.516 bits per heavy atom. The number of nitro benzene ring substituents is 4. The van der Waals surface area contributed by atoms with E-state index >= 15 is 0 Å². The van der Waals surface area contributed by atoms with Crippen LogP contribution in [0.2, 0.25) is 0 Å². The number of aromatic carboxylic acids is 2. The summed E-state index contributed by atoms with van der Waals surface area (Å²) in [7, 11) is 0. The van der Waals surface area contributed by atoms with Crippen LogP contribution in [0, 0.1) is 40.5 Å². The van der Waals surface area contributed by atoms with Gasteiger partial charge in [-0.3, -0.25) is 40.5 Å². The van der Waals surface area contributed by atoms with Crippen molar-refractivity contribution < 1.29 is 56.0 Å². The Bertz CT molecular complexity index is 843. The van der Waals surface area contributed by atoms with Gasteiger partial charge in [-0.25, -0.2) is 0 Å². The fraction of sp³-hybridized carbons (Fsp3) is 0. The largest absolute Gasteiger partial charge is 2.00 e. The second kappa shape index (κ2) is 10.9. The summed E-state index contributed by atoms with van der Waals surface area (Å²) >= 11 is 0. The molecular weight excluding hydrogens is 475 g/mol. The van der Waals surface area contributed by atoms with E-state index in [-0.39, 0.29) is 16.5 Å². The van der Waals surface area contributed by atoms with Crippen molar-refractivity contribution in [1.29, 1.82) is 0 Å². The summed E-state index contributed by atoms with van der Waals surface area (Å²) in [4.78, 5) is 58.4. The maximum atomic E-state index is 10.4. The molecule has 0 bridgehead atoms. The molecule has 164 valence electrons. The van der Waals surface area contributed by atoms with Crippen molar-refractivity contribution >= 4 is 34.7 Å². The van der Waals surface area contributed by atoms with Gasteiger partial charge in [0.1, 0.15) is 0 Å². The first kappa shape index (κ1) is 26.5. The molecule has 0 N–H and O–H groups in total. The average Bonchev–Trinajstić information content (AvgIpc) is 2.67. The molecule has 0 fully saturated rings. The number of nitro groups is 4. The molecule has 0 aliphatic carbocycles. The van der Waals surface area contributed by atoms with Crippen molar-refractivity contribution in [2.75, 3.05) is 0 Å². The molecule has 2 aromatic carbocycles. The molecule has 16 nitrogen and oxygen atoms in total. The van der Waals surface area contributed by atoms with Crippen LogP contribution >= 0.6 is 0 Å². The third kappa shape index (κ3) is 7.43. The van der Waals surface area contributed by atoms with Crippen molar-refractivity contribution in [1.82, 2.24) is 0 Å². The molecule has 0 saturated heterocycles. The molecule has 0 amide bonds. The van der Waals surface area contributed by atoms with Gasteiger partial charge >= 0.3 is 16.5 Å². The first-order valence-electron chi connectivity index (χ1n) is 7.14. The summed E-state index contributed by atoms with van der Waals surface area (Å²) in [6.07, 6.45) is 0. The van der Waals surface area contributed by atoms with Crippen LogP contribution in [0.5, 0.6) is 0 Å². The predicted molar refractivity (Wildman–Crippen MR) is 88.2 cm³/mol. The van der Waals surface area contributed by atoms with Crippen LogP contribution in [0.1, 0.15) is 20.7 Å². The van der Waals surface area contributed by atoms with E-state index in [1.165, 1.54) is 0 Å². The number of hydrogen-bond acceptors (Lipinski definition) is 12. The van der Waals surface area contributed by atoms with Gasteiger partial charge in [-0.05, 0) is 0 Å². The fourth-order valence-corrected chi connectivity index (χ4v) is 1.85. The first-order chi connectivity index (χ1) is 13.8. The van der Waals surface area contributed by atoms with Crippen molar-refractivity contribution in [3.8, 4) is 0 Å². The van der Waals surface area contributed by atoms with Crippen molar-refractivity contribution in [3.63, 3.8) is 0 Å². The number of carbonyl (C=O) groups excluding carboxylic acids is 2. The van der Waals surface area contributed by atoms with Gasteiger partial charge in [-0.2, -0.15) is 0 Å². The van der Waals surface area contributed by atoms with Crippen molar-refractivity contribution in [2.24, 2.45) is 0 Å². The summed E-state index contributed by atoms with van der Waals surface area (Å²) in [6.45, 7) is 0. The smallest absolute Gasteiger partial charge is 0.545 e. The first-order valence-corrected chi connectivity index (χ1v) is 7.14. The van der Waals surface area contributed by atoms with E-state index in [9.17, 15) is 60.3 Å². The summed E-state index contributed by atoms with van der Waals surface area (Å²) < 4.78 is 0. The number of benzene rings is 2. The van der Waals surface area contributed by atoms with Crippen LogP contribution in [-0.4, -0.2) is 31.6 Å². The molecule has 0 radical (unpaired) electrons. The van der Waals surface area contributed by atoms with Gasteiger partial charge in [0.15, 0.2) is 0 Å². The van der Waals surface area contributed by atoms with Crippen LogP contribution < -0.4 is 10.2 Å². The zero-order chi connectivity index (χ0) is 23.2. The molecule has 0 heterocycles. The number of hydrogen-bond donors (Lipinski definition) is 0. The van der Waals surface area contributed by atoms with Gasteiger partial charge in [0.05, 0.1) is 43.8 Å². The minimum Gasteiger partial charge on any atom is -0.545 e. The van der Waals surface area contributed by atoms with Crippen LogP contribution in [0.3, 0.4) is 0 Å². The van der Waals surface area contributed by atoms with Crippen molar-refractivity contribution in [3.05, 3.63) is 88.0 Å². The average molecular weight is 481 g/mol. The summed E-state index contributed by atoms with van der Waals surface area (Å²) in [5, 5.41) is 62.1. The van der Waals surface area contributed by atoms with E-state index in [1.807, 2.05) is 0 Å². The number of rotatable bonds is 6. The maximum absolute atomic E-state index is 10.4. The van der Waals surface area contributed by atoms with E-state index in [2.05, 4.69) is 0 Å². The zero-order valence-electron chi connectivity index (χ0n) is 14.5. The van der Waals surface area contributed by atoms with Crippen LogP contribution in [0.25, 0.3) is 0 Å². The molecule has 31 heavy (non-hydrogen) atoms. The Morgan fingerprint density at radius 3 is 0.839 bits per heavy atom. The van der Waals surface area contributed by atoms with Gasteiger partial charge in [0.25, 0.3) is 22.7 Å². The van der Waals surface area contributed by atoms with Crippen molar-refractivity contribution in [2.45, 2.75) is 0 Å². The van der Waals surface area contributed by atoms with Gasteiger partial charge in [-0.1, -0.05) is 0 Å². The minimum absolute atomic E-state index is 0. The van der Waals surface area contributed by atoms with Gasteiger partial charge in [-0.15, -0.1) is 0 Å². The molecule has 0 atom stereocenters. The Balaban J connectivity index is 0.000000562. The summed E-state index contributed by atoms with van der Waals surface area (Å²) in [5.41, 5.74) is -3.86. The van der Waals surface area contributed by atoms with E-state index in [1.54, 1.807) is 0 Å². The topological polar surface area (TPSA) is 253 Å². The number of nitrogens with zero attached hydrogens (tertiary/aromatic N) is 4. The summed E-state index contributed by atoms with van der Waals surface area (Å²) in [6, 6.07) is 4.13. The van der Waals surface area contributed by atoms with Gasteiger partial charge < -0.3 is 19.8 Å². The summed E-state index contributed by atoms with van der Waals surface area (Å²) in [5.74, 6) is -3.41. The van der Waals surface area contributed by atoms with Crippen LogP contribution in [0.4, 0.5) is 22.7 Å². The van der Waals surface area contributed by atoms with E-state index in [0.717, 1.165) is 0 Å². The predicted octanol–water partition coefficient (Wildman–Crippen LogP) is -0.270. The molecule has 2 aromatic rings. The standard InChI is InChI=1S/2C7H4N2O6.Ni/c2*10-7(11)4-1-5(8(12)13)3-6(2-4)9(14)15;/h2*1-3H,(H,10,11);/q;;+2/p-2. The monoisotopic (exact) mass is 480 g/mol. The maximum Gasteiger partial charge on any atom is 2.00 e. The second-order valence-corrected chi connectivity index (χ2v) is 5.08. The Morgan fingerprint density at radius 2 is 0.710 bits per heavy atom. The number of carboxylic acids is 2. The molecule has 0 unspecified atom stereocenters. The molecule has 2 rings (SSSR count). The van der Waals surface area contributed by atoms with Crippen LogP contribution in [0.15, 0.2) is 36.4 Å². The molecule has 17 heteroatoms. The third-order valence-corrected chi connectivity index (χ3v) is 3.12. The third-order valence-electron chi connectivity index (χ3n) is 3.12. The minimum atomic E-state index is -1.71. The normalized spacial score (nSPS) is 9.29. The quantitative estimate of drug-likeness (QED) is 0.294. The van der Waals surface area contributed by atoms with Gasteiger partial charge in [0.2, 0.25) is 0 Å². The molecule has 0 aromatic heterocycles. The second-order valence-electron chi connectivity index (χ2n) is 5.08.